The fourth-order valence-corrected chi connectivity index (χ4v) is 1.60. The van der Waals surface area contributed by atoms with Crippen molar-refractivity contribution in [3.63, 3.8) is 0 Å². The average Bonchev–Trinajstić information content (AvgIpc) is 2.71. The molecule has 2 heteroatoms. The third kappa shape index (κ3) is 1.79. The van der Waals surface area contributed by atoms with Gasteiger partial charge in [0.15, 0.2) is 0 Å². The van der Waals surface area contributed by atoms with E-state index in [0.29, 0.717) is 5.92 Å². The number of nitrogens with one attached hydrogen (secondary N) is 2. The maximum atomic E-state index is 4.13. The first-order chi connectivity index (χ1) is 6.38. The van der Waals surface area contributed by atoms with Gasteiger partial charge in [-0.3, -0.25) is 10.9 Å². The summed E-state index contributed by atoms with van der Waals surface area (Å²) in [6, 6.07) is 10.4. The van der Waals surface area contributed by atoms with Crippen molar-refractivity contribution in [3.05, 3.63) is 42.5 Å². The molecule has 1 aliphatic rings. The van der Waals surface area contributed by atoms with Gasteiger partial charge in [-0.05, 0) is 11.1 Å². The number of benzene rings is 1. The highest BCUT2D eigenvalue weighted by Crippen LogP contribution is 2.21. The number of hydrazine groups is 1. The molecule has 1 fully saturated rings. The Morgan fingerprint density at radius 3 is 2.38 bits per heavy atom. The molecule has 0 aliphatic carbocycles. The molecular formula is C11H14N2. The summed E-state index contributed by atoms with van der Waals surface area (Å²) in [5, 5.41) is 0. The molecule has 0 atom stereocenters. The van der Waals surface area contributed by atoms with Crippen LogP contribution in [-0.4, -0.2) is 13.1 Å². The molecule has 0 unspecified atom stereocenters. The molecule has 0 saturated carbocycles. The highest BCUT2D eigenvalue weighted by atomic mass is 15.4. The Morgan fingerprint density at radius 2 is 1.77 bits per heavy atom. The van der Waals surface area contributed by atoms with Crippen LogP contribution < -0.4 is 10.9 Å². The normalized spacial score (nSPS) is 17.5. The van der Waals surface area contributed by atoms with Crippen LogP contribution in [0, 0.1) is 5.92 Å². The predicted octanol–water partition coefficient (Wildman–Crippen LogP) is 1.42. The van der Waals surface area contributed by atoms with Crippen LogP contribution in [0.5, 0.6) is 0 Å². The Morgan fingerprint density at radius 1 is 1.15 bits per heavy atom. The summed E-state index contributed by atoms with van der Waals surface area (Å²) in [5.41, 5.74) is 8.69. The smallest absolute Gasteiger partial charge is 0.0181 e. The van der Waals surface area contributed by atoms with E-state index >= 15 is 0 Å². The zero-order valence-electron chi connectivity index (χ0n) is 7.59. The molecule has 2 N–H and O–H groups in total. The fraction of sp³-hybridized carbons (Fsp3) is 0.273. The largest absolute Gasteiger partial charge is 0.257 e. The summed E-state index contributed by atoms with van der Waals surface area (Å²) in [6.07, 6.45) is 0. The van der Waals surface area contributed by atoms with Crippen LogP contribution in [-0.2, 0) is 0 Å². The van der Waals surface area contributed by atoms with E-state index < -0.39 is 0 Å². The SMILES string of the molecule is C=C(c1ccccc1)C1CNNC1. The first-order valence-corrected chi connectivity index (χ1v) is 4.58. The minimum atomic E-state index is 0.530. The van der Waals surface area contributed by atoms with Gasteiger partial charge in [0.05, 0.1) is 0 Å². The molecule has 1 aromatic carbocycles. The average molecular weight is 174 g/mol. The lowest BCUT2D eigenvalue weighted by atomic mass is 9.95. The van der Waals surface area contributed by atoms with Crippen molar-refractivity contribution in [1.29, 1.82) is 0 Å². The molecule has 0 bridgehead atoms. The van der Waals surface area contributed by atoms with Gasteiger partial charge in [0.25, 0.3) is 0 Å². The quantitative estimate of drug-likeness (QED) is 0.708. The van der Waals surface area contributed by atoms with Gasteiger partial charge < -0.3 is 0 Å². The predicted molar refractivity (Wildman–Crippen MR) is 55.0 cm³/mol. The molecule has 2 rings (SSSR count). The van der Waals surface area contributed by atoms with Gasteiger partial charge in [0.1, 0.15) is 0 Å². The Kier molecular flexibility index (Phi) is 2.43. The maximum absolute atomic E-state index is 4.13. The second kappa shape index (κ2) is 3.73. The second-order valence-electron chi connectivity index (χ2n) is 3.35. The van der Waals surface area contributed by atoms with Gasteiger partial charge in [-0.15, -0.1) is 0 Å². The van der Waals surface area contributed by atoms with Crippen molar-refractivity contribution in [2.45, 2.75) is 0 Å². The summed E-state index contributed by atoms with van der Waals surface area (Å²) in [6.45, 7) is 6.09. The van der Waals surface area contributed by atoms with Gasteiger partial charge in [0.2, 0.25) is 0 Å². The molecule has 2 nitrogen and oxygen atoms in total. The summed E-state index contributed by atoms with van der Waals surface area (Å²) >= 11 is 0. The van der Waals surface area contributed by atoms with E-state index in [1.54, 1.807) is 0 Å². The molecule has 0 aromatic heterocycles. The van der Waals surface area contributed by atoms with Crippen LogP contribution in [0.2, 0.25) is 0 Å². The highest BCUT2D eigenvalue weighted by Gasteiger charge is 2.17. The van der Waals surface area contributed by atoms with Crippen molar-refractivity contribution in [2.75, 3.05) is 13.1 Å². The Bertz CT molecular complexity index is 286. The first-order valence-electron chi connectivity index (χ1n) is 4.58. The lowest BCUT2D eigenvalue weighted by molar-refractivity contribution is 0.689. The maximum Gasteiger partial charge on any atom is 0.0181 e. The van der Waals surface area contributed by atoms with Gasteiger partial charge in [-0.2, -0.15) is 0 Å². The van der Waals surface area contributed by atoms with E-state index in [4.69, 9.17) is 0 Å². The molecule has 0 amide bonds. The Labute approximate surface area is 78.6 Å². The molecule has 0 radical (unpaired) electrons. The van der Waals surface area contributed by atoms with Crippen LogP contribution in [0.1, 0.15) is 5.56 Å². The fourth-order valence-electron chi connectivity index (χ4n) is 1.60. The zero-order valence-corrected chi connectivity index (χ0v) is 7.59. The van der Waals surface area contributed by atoms with Crippen LogP contribution in [0.3, 0.4) is 0 Å². The molecule has 68 valence electrons. The zero-order chi connectivity index (χ0) is 9.10. The van der Waals surface area contributed by atoms with Crippen molar-refractivity contribution in [3.8, 4) is 0 Å². The van der Waals surface area contributed by atoms with E-state index in [1.807, 2.05) is 6.07 Å². The Hall–Kier alpha value is -1.12. The first kappa shape index (κ1) is 8.48. The summed E-state index contributed by atoms with van der Waals surface area (Å²) < 4.78 is 0. The standard InChI is InChI=1S/C11H14N2/c1-9(11-7-12-13-8-11)10-5-3-2-4-6-10/h2-6,11-13H,1,7-8H2. The molecule has 13 heavy (non-hydrogen) atoms. The molecule has 1 heterocycles. The molecule has 1 saturated heterocycles. The Balaban J connectivity index is 2.13. The molecular weight excluding hydrogens is 160 g/mol. The number of rotatable bonds is 2. The lowest BCUT2D eigenvalue weighted by Crippen LogP contribution is -2.21. The minimum absolute atomic E-state index is 0.530. The van der Waals surface area contributed by atoms with E-state index in [9.17, 15) is 0 Å². The molecule has 1 aromatic rings. The van der Waals surface area contributed by atoms with E-state index in [0.717, 1.165) is 13.1 Å². The lowest BCUT2D eigenvalue weighted by Gasteiger charge is -2.11. The third-order valence-electron chi connectivity index (χ3n) is 2.46. The van der Waals surface area contributed by atoms with Crippen LogP contribution in [0.15, 0.2) is 36.9 Å². The minimum Gasteiger partial charge on any atom is -0.257 e. The summed E-state index contributed by atoms with van der Waals surface area (Å²) in [4.78, 5) is 0. The second-order valence-corrected chi connectivity index (χ2v) is 3.35. The monoisotopic (exact) mass is 174 g/mol. The van der Waals surface area contributed by atoms with Gasteiger partial charge in [0, 0.05) is 19.0 Å². The number of hydrogen-bond acceptors (Lipinski definition) is 2. The van der Waals surface area contributed by atoms with Crippen molar-refractivity contribution < 1.29 is 0 Å². The number of hydrogen-bond donors (Lipinski definition) is 2. The topological polar surface area (TPSA) is 24.1 Å². The molecule has 0 spiro atoms. The summed E-state index contributed by atoms with van der Waals surface area (Å²) in [7, 11) is 0. The van der Waals surface area contributed by atoms with Crippen molar-refractivity contribution >= 4 is 5.57 Å². The van der Waals surface area contributed by atoms with Crippen LogP contribution >= 0.6 is 0 Å². The van der Waals surface area contributed by atoms with Crippen molar-refractivity contribution in [2.24, 2.45) is 5.92 Å². The molecule has 1 aliphatic heterocycles. The van der Waals surface area contributed by atoms with Crippen LogP contribution in [0.25, 0.3) is 5.57 Å². The van der Waals surface area contributed by atoms with E-state index in [-0.39, 0.29) is 0 Å². The van der Waals surface area contributed by atoms with Gasteiger partial charge in [-0.25, -0.2) is 0 Å². The highest BCUT2D eigenvalue weighted by molar-refractivity contribution is 5.65. The van der Waals surface area contributed by atoms with Crippen molar-refractivity contribution in [1.82, 2.24) is 10.9 Å². The van der Waals surface area contributed by atoms with Gasteiger partial charge in [-0.1, -0.05) is 36.9 Å². The van der Waals surface area contributed by atoms with Gasteiger partial charge >= 0.3 is 0 Å². The third-order valence-corrected chi connectivity index (χ3v) is 2.46. The van der Waals surface area contributed by atoms with Crippen LogP contribution in [0.4, 0.5) is 0 Å². The van der Waals surface area contributed by atoms with E-state index in [2.05, 4.69) is 41.7 Å². The summed E-state index contributed by atoms with van der Waals surface area (Å²) in [5.74, 6) is 0.530. The van der Waals surface area contributed by atoms with E-state index in [1.165, 1.54) is 11.1 Å².